The number of hydrogen-bond acceptors (Lipinski definition) is 3. The van der Waals surface area contributed by atoms with Crippen LogP contribution in [0.25, 0.3) is 0 Å². The van der Waals surface area contributed by atoms with Gasteiger partial charge in [-0.05, 0) is 105 Å². The molecule has 168 valence electrons. The normalized spacial score (nSPS) is 27.7. The molecule has 5 nitrogen and oxygen atoms in total. The van der Waals surface area contributed by atoms with E-state index in [9.17, 15) is 9.59 Å². The van der Waals surface area contributed by atoms with Crippen molar-refractivity contribution < 1.29 is 14.3 Å². The predicted molar refractivity (Wildman–Crippen MR) is 124 cm³/mol. The van der Waals surface area contributed by atoms with Gasteiger partial charge in [-0.25, -0.2) is 0 Å². The molecule has 2 aromatic carbocycles. The van der Waals surface area contributed by atoms with Gasteiger partial charge in [0.25, 0.3) is 5.91 Å². The highest BCUT2D eigenvalue weighted by Gasteiger charge is 2.54. The van der Waals surface area contributed by atoms with Gasteiger partial charge in [0, 0.05) is 23.2 Å². The van der Waals surface area contributed by atoms with E-state index in [0.717, 1.165) is 54.0 Å². The highest BCUT2D eigenvalue weighted by molar-refractivity contribution is 6.04. The van der Waals surface area contributed by atoms with Crippen molar-refractivity contribution in [3.63, 3.8) is 0 Å². The van der Waals surface area contributed by atoms with Gasteiger partial charge in [0.05, 0.1) is 6.61 Å². The van der Waals surface area contributed by atoms with E-state index in [1.54, 1.807) is 0 Å². The van der Waals surface area contributed by atoms with Crippen LogP contribution in [0.2, 0.25) is 0 Å². The van der Waals surface area contributed by atoms with E-state index < -0.39 is 0 Å². The maximum Gasteiger partial charge on any atom is 0.255 e. The van der Waals surface area contributed by atoms with Gasteiger partial charge in [-0.1, -0.05) is 12.1 Å². The quantitative estimate of drug-likeness (QED) is 0.634. The van der Waals surface area contributed by atoms with E-state index in [0.29, 0.717) is 18.7 Å². The molecule has 4 saturated carbocycles. The lowest BCUT2D eigenvalue weighted by molar-refractivity contribution is -0.146. The van der Waals surface area contributed by atoms with Crippen LogP contribution in [-0.2, 0) is 11.3 Å². The minimum atomic E-state index is -0.154. The van der Waals surface area contributed by atoms with Crippen molar-refractivity contribution in [1.82, 2.24) is 5.32 Å². The maximum absolute atomic E-state index is 13.1. The molecular weight excluding hydrogens is 400 g/mol. The van der Waals surface area contributed by atoms with Crippen molar-refractivity contribution in [2.75, 3.05) is 11.9 Å². The van der Waals surface area contributed by atoms with Crippen LogP contribution in [0.1, 0.15) is 61.4 Å². The van der Waals surface area contributed by atoms with Gasteiger partial charge >= 0.3 is 0 Å². The summed E-state index contributed by atoms with van der Waals surface area (Å²) in [4.78, 5) is 25.7. The van der Waals surface area contributed by atoms with Crippen molar-refractivity contribution in [3.05, 3.63) is 59.7 Å². The molecule has 0 aliphatic heterocycles. The Morgan fingerprint density at radius 1 is 0.906 bits per heavy atom. The zero-order valence-corrected chi connectivity index (χ0v) is 18.7. The number of anilines is 1. The summed E-state index contributed by atoms with van der Waals surface area (Å²) in [6.45, 7) is 3.07. The molecule has 0 radical (unpaired) electrons. The fraction of sp³-hybridized carbons (Fsp3) is 0.481. The second-order valence-corrected chi connectivity index (χ2v) is 9.99. The van der Waals surface area contributed by atoms with Crippen LogP contribution in [0.4, 0.5) is 5.69 Å². The molecular formula is C27H32N2O3. The van der Waals surface area contributed by atoms with Crippen LogP contribution in [0, 0.1) is 23.2 Å². The zero-order valence-electron chi connectivity index (χ0n) is 18.7. The molecule has 2 aromatic rings. The number of carbonyl (C=O) groups is 2. The minimum Gasteiger partial charge on any atom is -0.494 e. The maximum atomic E-state index is 13.1. The first-order valence-corrected chi connectivity index (χ1v) is 11.9. The number of ether oxygens (including phenoxy) is 1. The summed E-state index contributed by atoms with van der Waals surface area (Å²) in [6.07, 6.45) is 7.26. The van der Waals surface area contributed by atoms with Gasteiger partial charge in [0.1, 0.15) is 5.75 Å². The van der Waals surface area contributed by atoms with E-state index in [1.807, 2.05) is 55.5 Å². The number of amides is 2. The van der Waals surface area contributed by atoms with Crippen LogP contribution in [0.3, 0.4) is 0 Å². The second kappa shape index (κ2) is 8.61. The average Bonchev–Trinajstić information content (AvgIpc) is 2.78. The summed E-state index contributed by atoms with van der Waals surface area (Å²) < 4.78 is 5.43. The van der Waals surface area contributed by atoms with Crippen molar-refractivity contribution in [2.45, 2.75) is 52.0 Å². The first-order chi connectivity index (χ1) is 15.5. The largest absolute Gasteiger partial charge is 0.494 e. The lowest BCUT2D eigenvalue weighted by Gasteiger charge is -2.55. The van der Waals surface area contributed by atoms with Crippen molar-refractivity contribution in [3.8, 4) is 5.75 Å². The molecule has 4 aliphatic carbocycles. The predicted octanol–water partition coefficient (Wildman–Crippen LogP) is 5.17. The summed E-state index contributed by atoms with van der Waals surface area (Å²) >= 11 is 0. The number of nitrogens with one attached hydrogen (secondary N) is 2. The highest BCUT2D eigenvalue weighted by Crippen LogP contribution is 2.60. The Morgan fingerprint density at radius 2 is 1.50 bits per heavy atom. The third-order valence-electron chi connectivity index (χ3n) is 7.61. The van der Waals surface area contributed by atoms with E-state index >= 15 is 0 Å². The number of carbonyl (C=O) groups excluding carboxylic acids is 2. The molecule has 4 fully saturated rings. The molecule has 2 N–H and O–H groups in total. The molecule has 6 rings (SSSR count). The molecule has 0 heterocycles. The Balaban J connectivity index is 1.15. The molecule has 0 aromatic heterocycles. The summed E-state index contributed by atoms with van der Waals surface area (Å²) in [5.74, 6) is 3.16. The summed E-state index contributed by atoms with van der Waals surface area (Å²) in [7, 11) is 0. The van der Waals surface area contributed by atoms with Gasteiger partial charge in [-0.2, -0.15) is 0 Å². The molecule has 0 saturated heterocycles. The fourth-order valence-electron chi connectivity index (χ4n) is 6.54. The van der Waals surface area contributed by atoms with E-state index in [1.165, 1.54) is 19.3 Å². The van der Waals surface area contributed by atoms with Crippen LogP contribution in [0.15, 0.2) is 48.5 Å². The van der Waals surface area contributed by atoms with Crippen molar-refractivity contribution in [1.29, 1.82) is 0 Å². The summed E-state index contributed by atoms with van der Waals surface area (Å²) in [5.41, 5.74) is 2.22. The lowest BCUT2D eigenvalue weighted by Crippen LogP contribution is -2.53. The van der Waals surface area contributed by atoms with Gasteiger partial charge < -0.3 is 15.4 Å². The first-order valence-electron chi connectivity index (χ1n) is 11.9. The Labute approximate surface area is 189 Å². The van der Waals surface area contributed by atoms with Gasteiger partial charge in [0.2, 0.25) is 5.91 Å². The average molecular weight is 433 g/mol. The molecule has 2 amide bonds. The first kappa shape index (κ1) is 21.0. The Kier molecular flexibility index (Phi) is 5.66. The zero-order chi connectivity index (χ0) is 22.1. The SMILES string of the molecule is CCOc1ccc(NC(=O)c2ccc(CNC(=O)C34CC5CC(CC(C5)C3)C4)cc2)cc1. The van der Waals surface area contributed by atoms with Gasteiger partial charge in [0.15, 0.2) is 0 Å². The van der Waals surface area contributed by atoms with Gasteiger partial charge in [-0.3, -0.25) is 9.59 Å². The van der Waals surface area contributed by atoms with Crippen LogP contribution in [0.5, 0.6) is 5.75 Å². The highest BCUT2D eigenvalue weighted by atomic mass is 16.5. The van der Waals surface area contributed by atoms with E-state index in [2.05, 4.69) is 10.6 Å². The third-order valence-corrected chi connectivity index (χ3v) is 7.61. The molecule has 0 spiro atoms. The number of rotatable bonds is 7. The van der Waals surface area contributed by atoms with E-state index in [-0.39, 0.29) is 17.2 Å². The molecule has 0 unspecified atom stereocenters. The van der Waals surface area contributed by atoms with E-state index in [4.69, 9.17) is 4.74 Å². The number of benzene rings is 2. The monoisotopic (exact) mass is 432 g/mol. The van der Waals surface area contributed by atoms with Crippen LogP contribution >= 0.6 is 0 Å². The molecule has 0 atom stereocenters. The van der Waals surface area contributed by atoms with Crippen LogP contribution in [-0.4, -0.2) is 18.4 Å². The fourth-order valence-corrected chi connectivity index (χ4v) is 6.54. The summed E-state index contributed by atoms with van der Waals surface area (Å²) in [6, 6.07) is 14.8. The standard InChI is InChI=1S/C27H32N2O3/c1-2-32-24-9-7-23(8-10-24)29-25(30)22-5-3-18(4-6-22)17-28-26(31)27-14-19-11-20(15-27)13-21(12-19)16-27/h3-10,19-21H,2,11-17H2,1H3,(H,28,31)(H,29,30). The third kappa shape index (κ3) is 4.25. The molecule has 32 heavy (non-hydrogen) atoms. The molecule has 4 aliphatic rings. The smallest absolute Gasteiger partial charge is 0.255 e. The topological polar surface area (TPSA) is 67.4 Å². The second-order valence-electron chi connectivity index (χ2n) is 9.99. The van der Waals surface area contributed by atoms with Crippen molar-refractivity contribution in [2.24, 2.45) is 23.2 Å². The van der Waals surface area contributed by atoms with Crippen molar-refractivity contribution >= 4 is 17.5 Å². The number of hydrogen-bond donors (Lipinski definition) is 2. The van der Waals surface area contributed by atoms with Crippen LogP contribution < -0.4 is 15.4 Å². The van der Waals surface area contributed by atoms with Gasteiger partial charge in [-0.15, -0.1) is 0 Å². The Morgan fingerprint density at radius 3 is 2.06 bits per heavy atom. The Hall–Kier alpha value is -2.82. The Bertz CT molecular complexity index is 946. The molecule has 4 bridgehead atoms. The minimum absolute atomic E-state index is 0.119. The summed E-state index contributed by atoms with van der Waals surface area (Å²) in [5, 5.41) is 6.12. The molecule has 5 heteroatoms. The lowest BCUT2D eigenvalue weighted by atomic mass is 9.49.